The fraction of sp³-hybridized carbons (Fsp3) is 0.345. The molecule has 1 aliphatic rings. The third kappa shape index (κ3) is 5.80. The fourth-order valence-corrected chi connectivity index (χ4v) is 4.95. The number of hydrogen-bond acceptors (Lipinski definition) is 6. The molecule has 3 aromatic carbocycles. The summed E-state index contributed by atoms with van der Waals surface area (Å²) in [6, 6.07) is 30.1. The van der Waals surface area contributed by atoms with Crippen LogP contribution in [-0.2, 0) is 19.5 Å². The van der Waals surface area contributed by atoms with Gasteiger partial charge in [-0.05, 0) is 45.7 Å². The van der Waals surface area contributed by atoms with Crippen LogP contribution in [0.5, 0.6) is 0 Å². The number of aryl methyl sites for hydroxylation is 2. The second kappa shape index (κ2) is 11.5. The summed E-state index contributed by atoms with van der Waals surface area (Å²) >= 11 is 0. The number of rotatable bonds is 9. The van der Waals surface area contributed by atoms with Crippen LogP contribution < -0.4 is 4.90 Å². The molecule has 0 spiro atoms. The van der Waals surface area contributed by atoms with E-state index >= 15 is 0 Å². The van der Waals surface area contributed by atoms with Crippen LogP contribution in [0.2, 0.25) is 0 Å². The summed E-state index contributed by atoms with van der Waals surface area (Å²) in [6.07, 6.45) is 0.899. The lowest BCUT2D eigenvalue weighted by Gasteiger charge is -2.39. The molecule has 0 bridgehead atoms. The molecule has 4 aromatic rings. The van der Waals surface area contributed by atoms with Crippen molar-refractivity contribution in [1.82, 2.24) is 30.0 Å². The van der Waals surface area contributed by atoms with Gasteiger partial charge in [-0.1, -0.05) is 72.8 Å². The summed E-state index contributed by atoms with van der Waals surface area (Å²) in [4.78, 5) is 7.21. The minimum atomic E-state index is 0.0193. The van der Waals surface area contributed by atoms with Crippen LogP contribution in [0.1, 0.15) is 28.6 Å². The Hall–Kier alpha value is -3.55. The van der Waals surface area contributed by atoms with Crippen molar-refractivity contribution in [1.29, 1.82) is 0 Å². The first-order chi connectivity index (χ1) is 17.7. The van der Waals surface area contributed by atoms with Crippen molar-refractivity contribution in [3.8, 4) is 0 Å². The lowest BCUT2D eigenvalue weighted by molar-refractivity contribution is 0.100. The Kier molecular flexibility index (Phi) is 7.69. The first-order valence-corrected chi connectivity index (χ1v) is 12.7. The summed E-state index contributed by atoms with van der Waals surface area (Å²) in [5, 5.41) is 13.1. The first-order valence-electron chi connectivity index (χ1n) is 12.7. The van der Waals surface area contributed by atoms with E-state index in [0.29, 0.717) is 0 Å². The highest BCUT2D eigenvalue weighted by atomic mass is 15.6. The maximum atomic E-state index is 4.56. The average molecular weight is 482 g/mol. The summed E-state index contributed by atoms with van der Waals surface area (Å²) in [5.41, 5.74) is 5.08. The Morgan fingerprint density at radius 3 is 2.06 bits per heavy atom. The number of benzene rings is 3. The lowest BCUT2D eigenvalue weighted by atomic mass is 10.0. The standard InChI is InChI=1S/C29H35N7/c1-33(2)27-15-13-26(14-16-27)28(29-30-31-32-36(29)18-17-24-9-5-3-6-10-24)35-21-19-34(20-22-35)23-25-11-7-4-8-12-25/h3-16,28H,17-23H2,1-2H3/t28-/m1/s1. The zero-order valence-electron chi connectivity index (χ0n) is 21.2. The minimum absolute atomic E-state index is 0.0193. The van der Waals surface area contributed by atoms with Gasteiger partial charge < -0.3 is 4.90 Å². The summed E-state index contributed by atoms with van der Waals surface area (Å²) < 4.78 is 1.99. The van der Waals surface area contributed by atoms with Gasteiger partial charge in [-0.2, -0.15) is 0 Å². The highest BCUT2D eigenvalue weighted by Crippen LogP contribution is 2.30. The smallest absolute Gasteiger partial charge is 0.173 e. The number of tetrazole rings is 1. The third-order valence-corrected chi connectivity index (χ3v) is 7.01. The monoisotopic (exact) mass is 481 g/mol. The molecule has 0 amide bonds. The molecule has 186 valence electrons. The van der Waals surface area contributed by atoms with Crippen molar-refractivity contribution in [2.24, 2.45) is 0 Å². The van der Waals surface area contributed by atoms with Crippen molar-refractivity contribution < 1.29 is 0 Å². The predicted molar refractivity (Wildman–Crippen MR) is 144 cm³/mol. The average Bonchev–Trinajstić information content (AvgIpc) is 3.38. The molecule has 1 fully saturated rings. The number of aromatic nitrogens is 4. The molecule has 0 saturated carbocycles. The Morgan fingerprint density at radius 2 is 1.42 bits per heavy atom. The third-order valence-electron chi connectivity index (χ3n) is 7.01. The molecule has 2 heterocycles. The molecule has 1 aromatic heterocycles. The van der Waals surface area contributed by atoms with E-state index in [9.17, 15) is 0 Å². The Balaban J connectivity index is 1.36. The maximum Gasteiger partial charge on any atom is 0.173 e. The molecule has 7 heteroatoms. The summed E-state index contributed by atoms with van der Waals surface area (Å²) in [5.74, 6) is 0.917. The highest BCUT2D eigenvalue weighted by molar-refractivity contribution is 5.47. The van der Waals surface area contributed by atoms with Gasteiger partial charge in [-0.25, -0.2) is 4.68 Å². The van der Waals surface area contributed by atoms with Crippen LogP contribution in [0.25, 0.3) is 0 Å². The molecule has 1 saturated heterocycles. The van der Waals surface area contributed by atoms with E-state index in [2.05, 4.69) is 129 Å². The van der Waals surface area contributed by atoms with Crippen molar-refractivity contribution in [2.45, 2.75) is 25.6 Å². The van der Waals surface area contributed by atoms with Crippen LogP contribution >= 0.6 is 0 Å². The van der Waals surface area contributed by atoms with E-state index in [0.717, 1.165) is 51.5 Å². The molecule has 1 aliphatic heterocycles. The van der Waals surface area contributed by atoms with Gasteiger partial charge in [0.05, 0.1) is 6.04 Å². The van der Waals surface area contributed by atoms with Gasteiger partial charge >= 0.3 is 0 Å². The fourth-order valence-electron chi connectivity index (χ4n) is 4.95. The molecule has 0 aliphatic carbocycles. The van der Waals surface area contributed by atoms with Gasteiger partial charge in [0.1, 0.15) is 0 Å². The van der Waals surface area contributed by atoms with Crippen molar-refractivity contribution in [3.05, 3.63) is 107 Å². The minimum Gasteiger partial charge on any atom is -0.378 e. The van der Waals surface area contributed by atoms with Crippen molar-refractivity contribution in [3.63, 3.8) is 0 Å². The SMILES string of the molecule is CN(C)c1ccc([C@H](c2nnnn2CCc2ccccc2)N2CCN(Cc3ccccc3)CC2)cc1. The highest BCUT2D eigenvalue weighted by Gasteiger charge is 2.30. The summed E-state index contributed by atoms with van der Waals surface area (Å²) in [7, 11) is 4.14. The normalized spacial score (nSPS) is 15.6. The van der Waals surface area contributed by atoms with Crippen LogP contribution in [0.3, 0.4) is 0 Å². The zero-order chi connectivity index (χ0) is 24.7. The molecule has 0 unspecified atom stereocenters. The van der Waals surface area contributed by atoms with Crippen LogP contribution in [0.15, 0.2) is 84.9 Å². The lowest BCUT2D eigenvalue weighted by Crippen LogP contribution is -2.48. The number of piperazine rings is 1. The Morgan fingerprint density at radius 1 is 0.778 bits per heavy atom. The largest absolute Gasteiger partial charge is 0.378 e. The Bertz CT molecular complexity index is 1200. The quantitative estimate of drug-likeness (QED) is 0.362. The van der Waals surface area contributed by atoms with E-state index in [1.807, 2.05) is 4.68 Å². The van der Waals surface area contributed by atoms with Gasteiger partial charge in [-0.15, -0.1) is 5.10 Å². The molecular weight excluding hydrogens is 446 g/mol. The van der Waals surface area contributed by atoms with Gasteiger partial charge in [-0.3, -0.25) is 9.80 Å². The van der Waals surface area contributed by atoms with Gasteiger partial charge in [0, 0.05) is 59.1 Å². The van der Waals surface area contributed by atoms with Crippen molar-refractivity contribution in [2.75, 3.05) is 45.2 Å². The van der Waals surface area contributed by atoms with Crippen molar-refractivity contribution >= 4 is 5.69 Å². The molecule has 1 atom stereocenters. The maximum absolute atomic E-state index is 4.56. The van der Waals surface area contributed by atoms with E-state index in [4.69, 9.17) is 0 Å². The van der Waals surface area contributed by atoms with Crippen LogP contribution in [0.4, 0.5) is 5.69 Å². The predicted octanol–water partition coefficient (Wildman–Crippen LogP) is 3.89. The molecule has 0 radical (unpaired) electrons. The van der Waals surface area contributed by atoms with Crippen LogP contribution in [-0.4, -0.2) is 70.3 Å². The second-order valence-corrected chi connectivity index (χ2v) is 9.68. The topological polar surface area (TPSA) is 53.3 Å². The molecular formula is C29H35N7. The molecule has 7 nitrogen and oxygen atoms in total. The number of hydrogen-bond donors (Lipinski definition) is 0. The first kappa shape index (κ1) is 24.2. The Labute approximate surface area is 214 Å². The van der Waals surface area contributed by atoms with Crippen LogP contribution in [0, 0.1) is 0 Å². The zero-order valence-corrected chi connectivity index (χ0v) is 21.2. The van der Waals surface area contributed by atoms with Gasteiger partial charge in [0.2, 0.25) is 0 Å². The van der Waals surface area contributed by atoms with E-state index in [1.54, 1.807) is 0 Å². The number of nitrogens with zero attached hydrogens (tertiary/aromatic N) is 7. The molecule has 5 rings (SSSR count). The van der Waals surface area contributed by atoms with E-state index in [-0.39, 0.29) is 6.04 Å². The van der Waals surface area contributed by atoms with Gasteiger partial charge in [0.15, 0.2) is 5.82 Å². The molecule has 36 heavy (non-hydrogen) atoms. The van der Waals surface area contributed by atoms with Gasteiger partial charge in [0.25, 0.3) is 0 Å². The number of anilines is 1. The summed E-state index contributed by atoms with van der Waals surface area (Å²) in [6.45, 7) is 5.73. The second-order valence-electron chi connectivity index (χ2n) is 9.68. The van der Waals surface area contributed by atoms with E-state index in [1.165, 1.54) is 22.4 Å². The van der Waals surface area contributed by atoms with E-state index < -0.39 is 0 Å². The molecule has 0 N–H and O–H groups in total.